The fourth-order valence-corrected chi connectivity index (χ4v) is 3.57. The van der Waals surface area contributed by atoms with Crippen LogP contribution in [0.5, 0.6) is 0 Å². The molecule has 0 saturated carbocycles. The molecule has 0 aliphatic carbocycles. The van der Waals surface area contributed by atoms with E-state index in [1.54, 1.807) is 0 Å². The summed E-state index contributed by atoms with van der Waals surface area (Å²) in [6.45, 7) is 13.6. The van der Waals surface area contributed by atoms with Gasteiger partial charge >= 0.3 is 7.87 Å². The standard InChI is InChI=1S/C10H25NO2P/c1-8(2)11(9(3)4)14(12,13)10(5,6)7/h8-9,12-13H,1-7H3/q+1. The summed E-state index contributed by atoms with van der Waals surface area (Å²) in [4.78, 5) is 20.5. The Bertz CT molecular complexity index is 177. The van der Waals surface area contributed by atoms with E-state index in [4.69, 9.17) is 0 Å². The molecular weight excluding hydrogens is 197 g/mol. The van der Waals surface area contributed by atoms with E-state index in [-0.39, 0.29) is 12.1 Å². The van der Waals surface area contributed by atoms with E-state index in [2.05, 4.69) is 0 Å². The van der Waals surface area contributed by atoms with Crippen molar-refractivity contribution in [3.63, 3.8) is 0 Å². The first-order valence-electron chi connectivity index (χ1n) is 5.15. The molecular formula is C10H25NO2P+. The number of nitrogens with zero attached hydrogens (tertiary/aromatic N) is 1. The van der Waals surface area contributed by atoms with Gasteiger partial charge in [0.15, 0.2) is 0 Å². The van der Waals surface area contributed by atoms with Crippen molar-refractivity contribution >= 4 is 7.87 Å². The van der Waals surface area contributed by atoms with Gasteiger partial charge in [-0.25, -0.2) is 9.79 Å². The van der Waals surface area contributed by atoms with Crippen molar-refractivity contribution in [1.29, 1.82) is 0 Å². The normalized spacial score (nSPS) is 14.6. The van der Waals surface area contributed by atoms with Crippen LogP contribution in [0.2, 0.25) is 0 Å². The van der Waals surface area contributed by atoms with Gasteiger partial charge in [-0.15, -0.1) is 4.67 Å². The molecule has 0 aromatic heterocycles. The molecule has 0 unspecified atom stereocenters. The number of hydrogen-bond donors (Lipinski definition) is 2. The Morgan fingerprint density at radius 3 is 1.29 bits per heavy atom. The predicted octanol–water partition coefficient (Wildman–Crippen LogP) is 2.65. The van der Waals surface area contributed by atoms with Crippen LogP contribution in [-0.4, -0.2) is 31.7 Å². The first kappa shape index (κ1) is 14.3. The zero-order valence-corrected chi connectivity index (χ0v) is 11.3. The van der Waals surface area contributed by atoms with Crippen molar-refractivity contribution in [1.82, 2.24) is 4.67 Å². The number of rotatable bonds is 3. The fourth-order valence-electron chi connectivity index (χ4n) is 1.59. The van der Waals surface area contributed by atoms with Gasteiger partial charge in [0.2, 0.25) is 0 Å². The molecule has 0 aliphatic heterocycles. The molecule has 0 bridgehead atoms. The zero-order valence-electron chi connectivity index (χ0n) is 10.4. The SMILES string of the molecule is CC(C)N(C(C)C)[P+](O)(O)C(C)(C)C. The predicted molar refractivity (Wildman–Crippen MR) is 63.2 cm³/mol. The van der Waals surface area contributed by atoms with E-state index in [0.717, 1.165) is 0 Å². The second kappa shape index (κ2) is 4.44. The highest BCUT2D eigenvalue weighted by atomic mass is 31.2. The van der Waals surface area contributed by atoms with Gasteiger partial charge in [0, 0.05) is 12.1 Å². The average molecular weight is 222 g/mol. The smallest absolute Gasteiger partial charge is 0.201 e. The van der Waals surface area contributed by atoms with Gasteiger partial charge in [-0.3, -0.25) is 0 Å². The van der Waals surface area contributed by atoms with Crippen molar-refractivity contribution < 1.29 is 9.79 Å². The largest absolute Gasteiger partial charge is 0.348 e. The highest BCUT2D eigenvalue weighted by molar-refractivity contribution is 7.63. The topological polar surface area (TPSA) is 43.7 Å². The molecule has 0 radical (unpaired) electrons. The molecule has 0 heterocycles. The molecule has 0 atom stereocenters. The Morgan fingerprint density at radius 2 is 1.21 bits per heavy atom. The lowest BCUT2D eigenvalue weighted by Gasteiger charge is -2.38. The van der Waals surface area contributed by atoms with Gasteiger partial charge in [-0.1, -0.05) is 0 Å². The summed E-state index contributed by atoms with van der Waals surface area (Å²) < 4.78 is 1.83. The van der Waals surface area contributed by atoms with Gasteiger partial charge in [-0.2, -0.15) is 0 Å². The van der Waals surface area contributed by atoms with Crippen molar-refractivity contribution in [2.75, 3.05) is 0 Å². The van der Waals surface area contributed by atoms with E-state index < -0.39 is 13.0 Å². The third kappa shape index (κ3) is 2.90. The van der Waals surface area contributed by atoms with Crippen LogP contribution in [0.15, 0.2) is 0 Å². The summed E-state index contributed by atoms with van der Waals surface area (Å²) in [5.74, 6) is 0. The Labute approximate surface area is 88.7 Å². The van der Waals surface area contributed by atoms with Crippen LogP contribution in [0, 0.1) is 0 Å². The molecule has 4 heteroatoms. The minimum atomic E-state index is -3.02. The summed E-state index contributed by atoms with van der Waals surface area (Å²) in [5, 5.41) is -0.471. The van der Waals surface area contributed by atoms with Gasteiger partial charge in [0.1, 0.15) is 5.16 Å². The summed E-state index contributed by atoms with van der Waals surface area (Å²) in [7, 11) is -3.02. The van der Waals surface area contributed by atoms with E-state index in [1.165, 1.54) is 0 Å². The van der Waals surface area contributed by atoms with Gasteiger partial charge in [0.25, 0.3) is 0 Å². The number of hydrogen-bond acceptors (Lipinski definition) is 3. The van der Waals surface area contributed by atoms with E-state index in [1.807, 2.05) is 53.1 Å². The summed E-state index contributed by atoms with van der Waals surface area (Å²) in [6.07, 6.45) is 0. The fraction of sp³-hybridized carbons (Fsp3) is 1.00. The van der Waals surface area contributed by atoms with Crippen molar-refractivity contribution in [3.05, 3.63) is 0 Å². The molecule has 0 aromatic carbocycles. The molecule has 2 N–H and O–H groups in total. The molecule has 0 aromatic rings. The van der Waals surface area contributed by atoms with Crippen LogP contribution < -0.4 is 0 Å². The Kier molecular flexibility index (Phi) is 4.54. The van der Waals surface area contributed by atoms with Gasteiger partial charge < -0.3 is 0 Å². The molecule has 3 nitrogen and oxygen atoms in total. The third-order valence-corrected chi connectivity index (χ3v) is 5.65. The summed E-state index contributed by atoms with van der Waals surface area (Å²) in [6, 6.07) is 0.301. The van der Waals surface area contributed by atoms with Crippen molar-refractivity contribution in [3.8, 4) is 0 Å². The second-order valence-corrected chi connectivity index (χ2v) is 8.25. The Hall–Kier alpha value is 0.310. The van der Waals surface area contributed by atoms with Crippen LogP contribution in [0.25, 0.3) is 0 Å². The molecule has 0 saturated heterocycles. The maximum Gasteiger partial charge on any atom is 0.348 e. The van der Waals surface area contributed by atoms with E-state index in [0.29, 0.717) is 0 Å². The molecule has 0 spiro atoms. The van der Waals surface area contributed by atoms with Crippen LogP contribution in [0.1, 0.15) is 48.5 Å². The van der Waals surface area contributed by atoms with E-state index in [9.17, 15) is 9.79 Å². The zero-order chi connectivity index (χ0) is 11.7. The first-order valence-corrected chi connectivity index (χ1v) is 6.80. The molecule has 0 rings (SSSR count). The molecule has 0 amide bonds. The van der Waals surface area contributed by atoms with E-state index >= 15 is 0 Å². The maximum atomic E-state index is 10.2. The van der Waals surface area contributed by atoms with Crippen molar-refractivity contribution in [2.24, 2.45) is 0 Å². The lowest BCUT2D eigenvalue weighted by molar-refractivity contribution is 0.223. The first-order chi connectivity index (χ1) is 6.01. The maximum absolute atomic E-state index is 10.2. The van der Waals surface area contributed by atoms with Crippen LogP contribution in [-0.2, 0) is 0 Å². The molecule has 0 aliphatic rings. The average Bonchev–Trinajstić information content (AvgIpc) is 1.79. The second-order valence-electron chi connectivity index (χ2n) is 5.31. The molecule has 14 heavy (non-hydrogen) atoms. The Morgan fingerprint density at radius 1 is 0.929 bits per heavy atom. The highest BCUT2D eigenvalue weighted by Crippen LogP contribution is 2.65. The van der Waals surface area contributed by atoms with Crippen LogP contribution in [0.4, 0.5) is 0 Å². The molecule has 0 fully saturated rings. The van der Waals surface area contributed by atoms with Gasteiger partial charge in [0.05, 0.1) is 0 Å². The van der Waals surface area contributed by atoms with Crippen molar-refractivity contribution in [2.45, 2.75) is 65.7 Å². The molecule has 86 valence electrons. The summed E-state index contributed by atoms with van der Waals surface area (Å²) >= 11 is 0. The minimum absolute atomic E-state index is 0.151. The minimum Gasteiger partial charge on any atom is -0.201 e. The monoisotopic (exact) mass is 222 g/mol. The lowest BCUT2D eigenvalue weighted by Crippen LogP contribution is -2.42. The highest BCUT2D eigenvalue weighted by Gasteiger charge is 2.55. The summed E-state index contributed by atoms with van der Waals surface area (Å²) in [5.41, 5.74) is 0. The van der Waals surface area contributed by atoms with Crippen LogP contribution >= 0.6 is 7.87 Å². The third-order valence-electron chi connectivity index (χ3n) is 2.28. The Balaban J connectivity index is 5.01. The quantitative estimate of drug-likeness (QED) is 0.721. The van der Waals surface area contributed by atoms with Gasteiger partial charge in [-0.05, 0) is 48.5 Å². The van der Waals surface area contributed by atoms with Crippen LogP contribution in [0.3, 0.4) is 0 Å². The lowest BCUT2D eigenvalue weighted by atomic mass is 10.3.